The predicted molar refractivity (Wildman–Crippen MR) is 121 cm³/mol. The van der Waals surface area contributed by atoms with Gasteiger partial charge in [-0.25, -0.2) is 9.59 Å². The second-order valence-electron chi connectivity index (χ2n) is 9.77. The van der Waals surface area contributed by atoms with Gasteiger partial charge in [-0.15, -0.1) is 0 Å². The molecule has 2 rings (SSSR count). The zero-order valence-corrected chi connectivity index (χ0v) is 20.0. The van der Waals surface area contributed by atoms with Gasteiger partial charge in [-0.05, 0) is 91.4 Å². The van der Waals surface area contributed by atoms with E-state index in [4.69, 9.17) is 9.47 Å². The molecule has 0 atom stereocenters. The van der Waals surface area contributed by atoms with E-state index in [2.05, 4.69) is 24.0 Å². The van der Waals surface area contributed by atoms with Crippen molar-refractivity contribution in [1.29, 1.82) is 0 Å². The molecule has 0 saturated heterocycles. The van der Waals surface area contributed by atoms with Crippen molar-refractivity contribution >= 4 is 12.1 Å². The van der Waals surface area contributed by atoms with Crippen LogP contribution in [0.4, 0.5) is 4.79 Å². The summed E-state index contributed by atoms with van der Waals surface area (Å²) in [6.07, 6.45) is 5.82. The molecule has 0 aliphatic heterocycles. The fourth-order valence-corrected chi connectivity index (χ4v) is 4.06. The zero-order valence-electron chi connectivity index (χ0n) is 20.0. The fourth-order valence-electron chi connectivity index (χ4n) is 4.06. The molecule has 0 N–H and O–H groups in total. The van der Waals surface area contributed by atoms with Gasteiger partial charge < -0.3 is 19.3 Å². The quantitative estimate of drug-likeness (QED) is 0.567. The minimum atomic E-state index is -0.571. The number of rotatable bonds is 8. The fraction of sp³-hybridized carbons (Fsp3) is 0.708. The van der Waals surface area contributed by atoms with Crippen LogP contribution in [-0.2, 0) is 16.0 Å². The lowest BCUT2D eigenvalue weighted by Gasteiger charge is -2.34. The number of nitrogens with zero attached hydrogens (tertiary/aromatic N) is 3. The number of hydrogen-bond acceptors (Lipinski definition) is 6. The normalized spacial score (nSPS) is 19.2. The molecule has 1 aliphatic rings. The molecule has 1 saturated carbocycles. The molecular formula is C24H39N3O4. The smallest absolute Gasteiger partial charge is 0.410 e. The summed E-state index contributed by atoms with van der Waals surface area (Å²) in [5.41, 5.74) is 0.525. The van der Waals surface area contributed by atoms with Crippen LogP contribution in [0, 0.1) is 11.8 Å². The molecule has 0 aromatic carbocycles. The number of amides is 1. The van der Waals surface area contributed by atoms with E-state index in [1.807, 2.05) is 20.8 Å². The Kier molecular flexibility index (Phi) is 9.29. The lowest BCUT2D eigenvalue weighted by atomic mass is 9.81. The summed E-state index contributed by atoms with van der Waals surface area (Å²) in [7, 11) is 4.24. The van der Waals surface area contributed by atoms with Crippen LogP contribution < -0.4 is 0 Å². The Hall–Kier alpha value is -2.15. The van der Waals surface area contributed by atoms with Crippen LogP contribution in [0.25, 0.3) is 0 Å². The lowest BCUT2D eigenvalue weighted by Crippen LogP contribution is -2.40. The first-order valence-electron chi connectivity index (χ1n) is 11.3. The Labute approximate surface area is 187 Å². The van der Waals surface area contributed by atoms with E-state index in [1.54, 1.807) is 30.2 Å². The van der Waals surface area contributed by atoms with Gasteiger partial charge >= 0.3 is 12.1 Å². The third kappa shape index (κ3) is 8.85. The molecule has 0 spiro atoms. The maximum atomic E-state index is 12.9. The summed E-state index contributed by atoms with van der Waals surface area (Å²) in [4.78, 5) is 33.4. The molecule has 31 heavy (non-hydrogen) atoms. The van der Waals surface area contributed by atoms with Crippen LogP contribution in [0.15, 0.2) is 18.3 Å². The maximum Gasteiger partial charge on any atom is 0.410 e. The molecule has 1 heterocycles. The molecule has 7 nitrogen and oxygen atoms in total. The second-order valence-corrected chi connectivity index (χ2v) is 9.77. The molecule has 174 valence electrons. The zero-order chi connectivity index (χ0) is 23.0. The average Bonchev–Trinajstić information content (AvgIpc) is 2.67. The minimum absolute atomic E-state index is 0.305. The lowest BCUT2D eigenvalue weighted by molar-refractivity contribution is 0.0179. The Morgan fingerprint density at radius 2 is 1.71 bits per heavy atom. The van der Waals surface area contributed by atoms with Crippen LogP contribution in [0.1, 0.15) is 69.4 Å². The van der Waals surface area contributed by atoms with Crippen molar-refractivity contribution in [3.05, 3.63) is 29.6 Å². The van der Waals surface area contributed by atoms with Crippen LogP contribution in [0.5, 0.6) is 0 Å². The molecule has 0 radical (unpaired) electrons. The van der Waals surface area contributed by atoms with Gasteiger partial charge in [-0.3, -0.25) is 4.98 Å². The standard InChI is InChI=1S/C24H39N3O4/c1-7-30-22(28)20-12-13-25-21(14-20)17-27(23(29)31-24(2,3)4)16-19-10-8-18(9-11-19)15-26(5)6/h12-14,18-19H,7-11,15-17H2,1-6H3. The van der Waals surface area contributed by atoms with Gasteiger partial charge in [-0.2, -0.15) is 0 Å². The van der Waals surface area contributed by atoms with E-state index in [0.717, 1.165) is 25.3 Å². The van der Waals surface area contributed by atoms with Crippen molar-refractivity contribution in [2.45, 2.75) is 65.5 Å². The van der Waals surface area contributed by atoms with Crippen LogP contribution in [0.2, 0.25) is 0 Å². The average molecular weight is 434 g/mol. The first-order valence-corrected chi connectivity index (χ1v) is 11.3. The third-order valence-electron chi connectivity index (χ3n) is 5.40. The molecule has 1 fully saturated rings. The van der Waals surface area contributed by atoms with Crippen LogP contribution in [-0.4, -0.2) is 66.2 Å². The van der Waals surface area contributed by atoms with E-state index in [1.165, 1.54) is 12.8 Å². The van der Waals surface area contributed by atoms with Gasteiger partial charge in [0.05, 0.1) is 24.4 Å². The van der Waals surface area contributed by atoms with E-state index in [-0.39, 0.29) is 12.1 Å². The minimum Gasteiger partial charge on any atom is -0.462 e. The van der Waals surface area contributed by atoms with Gasteiger partial charge in [0.2, 0.25) is 0 Å². The Morgan fingerprint density at radius 1 is 1.10 bits per heavy atom. The maximum absolute atomic E-state index is 12.9. The van der Waals surface area contributed by atoms with Gasteiger partial charge in [-0.1, -0.05) is 0 Å². The van der Waals surface area contributed by atoms with Crippen molar-refractivity contribution in [3.63, 3.8) is 0 Å². The van der Waals surface area contributed by atoms with Crippen LogP contribution in [0.3, 0.4) is 0 Å². The Bertz CT molecular complexity index is 722. The predicted octanol–water partition coefficient (Wildman–Crippen LogP) is 4.36. The second kappa shape index (κ2) is 11.5. The summed E-state index contributed by atoms with van der Waals surface area (Å²) in [5.74, 6) is 0.789. The van der Waals surface area contributed by atoms with E-state index < -0.39 is 5.60 Å². The monoisotopic (exact) mass is 433 g/mol. The first kappa shape index (κ1) is 25.1. The molecule has 1 aromatic heterocycles. The molecule has 1 aromatic rings. The molecule has 0 unspecified atom stereocenters. The Balaban J connectivity index is 2.08. The van der Waals surface area contributed by atoms with Crippen molar-refractivity contribution in [1.82, 2.24) is 14.8 Å². The van der Waals surface area contributed by atoms with E-state index >= 15 is 0 Å². The highest BCUT2D eigenvalue weighted by Gasteiger charge is 2.28. The van der Waals surface area contributed by atoms with E-state index in [9.17, 15) is 9.59 Å². The van der Waals surface area contributed by atoms with Gasteiger partial charge in [0.25, 0.3) is 0 Å². The van der Waals surface area contributed by atoms with Crippen molar-refractivity contribution in [2.75, 3.05) is 33.8 Å². The van der Waals surface area contributed by atoms with Crippen molar-refractivity contribution < 1.29 is 19.1 Å². The Morgan fingerprint density at radius 3 is 2.26 bits per heavy atom. The number of hydrogen-bond donors (Lipinski definition) is 0. The van der Waals surface area contributed by atoms with Gasteiger partial charge in [0.15, 0.2) is 0 Å². The summed E-state index contributed by atoms with van der Waals surface area (Å²) in [6, 6.07) is 3.33. The largest absolute Gasteiger partial charge is 0.462 e. The van der Waals surface area contributed by atoms with Crippen LogP contribution >= 0.6 is 0 Å². The molecule has 7 heteroatoms. The number of carbonyl (C=O) groups excluding carboxylic acids is 2. The summed E-state index contributed by atoms with van der Waals surface area (Å²) < 4.78 is 10.7. The topological polar surface area (TPSA) is 72.0 Å². The van der Waals surface area contributed by atoms with Crippen molar-refractivity contribution in [2.24, 2.45) is 11.8 Å². The highest BCUT2D eigenvalue weighted by Crippen LogP contribution is 2.30. The van der Waals surface area contributed by atoms with Gasteiger partial charge in [0.1, 0.15) is 5.60 Å². The number of carbonyl (C=O) groups is 2. The summed E-state index contributed by atoms with van der Waals surface area (Å²) in [5, 5.41) is 0. The SMILES string of the molecule is CCOC(=O)c1ccnc(CN(CC2CCC(CN(C)C)CC2)C(=O)OC(C)(C)C)c1. The number of esters is 1. The first-order chi connectivity index (χ1) is 14.6. The number of ether oxygens (including phenoxy) is 2. The van der Waals surface area contributed by atoms with Gasteiger partial charge in [0, 0.05) is 19.3 Å². The van der Waals surface area contributed by atoms with Crippen molar-refractivity contribution in [3.8, 4) is 0 Å². The summed E-state index contributed by atoms with van der Waals surface area (Å²) in [6.45, 7) is 9.76. The highest BCUT2D eigenvalue weighted by atomic mass is 16.6. The molecular weight excluding hydrogens is 394 g/mol. The number of aromatic nitrogens is 1. The third-order valence-corrected chi connectivity index (χ3v) is 5.40. The molecule has 1 aliphatic carbocycles. The highest BCUT2D eigenvalue weighted by molar-refractivity contribution is 5.89. The van der Waals surface area contributed by atoms with E-state index in [0.29, 0.717) is 36.9 Å². The number of pyridine rings is 1. The molecule has 1 amide bonds. The summed E-state index contributed by atoms with van der Waals surface area (Å²) >= 11 is 0. The molecule has 0 bridgehead atoms.